The van der Waals surface area contributed by atoms with Gasteiger partial charge in [0.25, 0.3) is 5.91 Å². The van der Waals surface area contributed by atoms with Gasteiger partial charge in [-0.1, -0.05) is 48.6 Å². The van der Waals surface area contributed by atoms with Gasteiger partial charge >= 0.3 is 5.97 Å². The molecule has 2 aromatic carbocycles. The molecule has 1 saturated heterocycles. The highest BCUT2D eigenvalue weighted by Crippen LogP contribution is 2.32. The fourth-order valence-corrected chi connectivity index (χ4v) is 4.51. The minimum Gasteiger partial charge on any atom is -0.465 e. The van der Waals surface area contributed by atoms with E-state index in [4.69, 9.17) is 12.2 Å². The molecule has 6 nitrogen and oxygen atoms in total. The van der Waals surface area contributed by atoms with E-state index in [1.807, 2.05) is 0 Å². The summed E-state index contributed by atoms with van der Waals surface area (Å²) in [5, 5.41) is 2.67. The minimum atomic E-state index is -0.417. The highest BCUT2D eigenvalue weighted by molar-refractivity contribution is 8.26. The van der Waals surface area contributed by atoms with Gasteiger partial charge < -0.3 is 10.1 Å². The Kier molecular flexibility index (Phi) is 8.73. The second-order valence-electron chi connectivity index (χ2n) is 7.32. The number of rotatable bonds is 9. The largest absolute Gasteiger partial charge is 0.465 e. The van der Waals surface area contributed by atoms with Crippen molar-refractivity contribution in [2.24, 2.45) is 0 Å². The van der Waals surface area contributed by atoms with Crippen molar-refractivity contribution in [1.29, 1.82) is 0 Å². The number of carbonyl (C=O) groups is 3. The SMILES string of the molecule is COC(=O)c1ccc(/C=C2\SC(=S)N(CCCCCC(=O)Nc3cccc(F)c3)C2=O)cc1. The number of unbranched alkanes of at least 4 members (excludes halogenated alkanes) is 2. The molecule has 1 aliphatic heterocycles. The standard InChI is InChI=1S/C24H23FN2O4S2/c1-31-23(30)17-11-9-16(10-12-17)14-20-22(29)27(24(32)33-20)13-4-2-3-8-21(28)26-19-7-5-6-18(25)15-19/h5-7,9-12,14-15H,2-4,8,13H2,1H3,(H,26,28)/b20-14-. The lowest BCUT2D eigenvalue weighted by Gasteiger charge is -2.14. The van der Waals surface area contributed by atoms with Crippen LogP contribution in [0.2, 0.25) is 0 Å². The average molecular weight is 487 g/mol. The molecule has 1 N–H and O–H groups in total. The quantitative estimate of drug-likeness (QED) is 0.232. The van der Waals surface area contributed by atoms with Gasteiger partial charge in [-0.05, 0) is 54.8 Å². The van der Waals surface area contributed by atoms with Gasteiger partial charge in [0.2, 0.25) is 5.91 Å². The van der Waals surface area contributed by atoms with Crippen molar-refractivity contribution in [3.63, 3.8) is 0 Å². The molecule has 2 amide bonds. The maximum atomic E-state index is 13.2. The Morgan fingerprint density at radius 2 is 1.91 bits per heavy atom. The van der Waals surface area contributed by atoms with Crippen LogP contribution < -0.4 is 5.32 Å². The summed E-state index contributed by atoms with van der Waals surface area (Å²) in [6, 6.07) is 12.5. The Bertz CT molecular complexity index is 1090. The zero-order valence-electron chi connectivity index (χ0n) is 18.0. The molecule has 1 heterocycles. The predicted octanol–water partition coefficient (Wildman–Crippen LogP) is 5.01. The number of esters is 1. The number of ether oxygens (including phenoxy) is 1. The van der Waals surface area contributed by atoms with Crippen LogP contribution in [0, 0.1) is 5.82 Å². The second kappa shape index (κ2) is 11.7. The highest BCUT2D eigenvalue weighted by atomic mass is 32.2. The minimum absolute atomic E-state index is 0.147. The topological polar surface area (TPSA) is 75.7 Å². The maximum Gasteiger partial charge on any atom is 0.337 e. The van der Waals surface area contributed by atoms with E-state index in [0.29, 0.717) is 46.3 Å². The lowest BCUT2D eigenvalue weighted by Crippen LogP contribution is -2.29. The molecule has 0 aromatic heterocycles. The molecule has 0 spiro atoms. The highest BCUT2D eigenvalue weighted by Gasteiger charge is 2.31. The van der Waals surface area contributed by atoms with E-state index in [1.165, 1.54) is 31.0 Å². The van der Waals surface area contributed by atoms with Crippen molar-refractivity contribution < 1.29 is 23.5 Å². The summed E-state index contributed by atoms with van der Waals surface area (Å²) < 4.78 is 18.4. The fourth-order valence-electron chi connectivity index (χ4n) is 3.20. The zero-order chi connectivity index (χ0) is 23.8. The molecule has 2 aromatic rings. The number of methoxy groups -OCH3 is 1. The van der Waals surface area contributed by atoms with Crippen LogP contribution >= 0.6 is 24.0 Å². The number of amides is 2. The number of hydrogen-bond donors (Lipinski definition) is 1. The van der Waals surface area contributed by atoms with Gasteiger partial charge in [-0.3, -0.25) is 14.5 Å². The average Bonchev–Trinajstić information content (AvgIpc) is 3.06. The summed E-state index contributed by atoms with van der Waals surface area (Å²) in [6.07, 6.45) is 4.17. The summed E-state index contributed by atoms with van der Waals surface area (Å²) in [5.74, 6) is -1.14. The van der Waals surface area contributed by atoms with E-state index in [1.54, 1.807) is 47.4 Å². The number of hydrogen-bond acceptors (Lipinski definition) is 6. The number of thiocarbonyl (C=S) groups is 1. The molecule has 1 fully saturated rings. The number of anilines is 1. The van der Waals surface area contributed by atoms with Crippen molar-refractivity contribution in [3.8, 4) is 0 Å². The third-order valence-electron chi connectivity index (χ3n) is 4.90. The summed E-state index contributed by atoms with van der Waals surface area (Å²) in [5.41, 5.74) is 1.66. The van der Waals surface area contributed by atoms with Gasteiger partial charge in [0.15, 0.2) is 0 Å². The van der Waals surface area contributed by atoms with Crippen molar-refractivity contribution >= 4 is 57.8 Å². The molecule has 33 heavy (non-hydrogen) atoms. The Morgan fingerprint density at radius 1 is 1.15 bits per heavy atom. The molecule has 0 bridgehead atoms. The molecule has 3 rings (SSSR count). The number of nitrogens with zero attached hydrogens (tertiary/aromatic N) is 1. The van der Waals surface area contributed by atoms with Gasteiger partial charge in [-0.25, -0.2) is 9.18 Å². The molecule has 0 aliphatic carbocycles. The summed E-state index contributed by atoms with van der Waals surface area (Å²) in [7, 11) is 1.32. The zero-order valence-corrected chi connectivity index (χ0v) is 19.6. The first kappa shape index (κ1) is 24.6. The number of halogens is 1. The first-order valence-corrected chi connectivity index (χ1v) is 11.6. The first-order chi connectivity index (χ1) is 15.9. The van der Waals surface area contributed by atoms with Gasteiger partial charge in [0.05, 0.1) is 17.6 Å². The van der Waals surface area contributed by atoms with Gasteiger partial charge in [-0.15, -0.1) is 0 Å². The van der Waals surface area contributed by atoms with E-state index >= 15 is 0 Å². The van der Waals surface area contributed by atoms with Gasteiger partial charge in [0, 0.05) is 18.7 Å². The molecular weight excluding hydrogens is 463 g/mol. The van der Waals surface area contributed by atoms with Crippen LogP contribution in [0.15, 0.2) is 53.4 Å². The number of benzene rings is 2. The fraction of sp³-hybridized carbons (Fsp3) is 0.250. The smallest absolute Gasteiger partial charge is 0.337 e. The van der Waals surface area contributed by atoms with Crippen LogP contribution in [0.1, 0.15) is 41.6 Å². The Balaban J connectivity index is 1.44. The third-order valence-corrected chi connectivity index (χ3v) is 6.27. The van der Waals surface area contributed by atoms with E-state index in [2.05, 4.69) is 10.1 Å². The van der Waals surface area contributed by atoms with E-state index in [0.717, 1.165) is 12.0 Å². The molecular formula is C24H23FN2O4S2. The lowest BCUT2D eigenvalue weighted by molar-refractivity contribution is -0.122. The van der Waals surface area contributed by atoms with Crippen LogP contribution in [0.25, 0.3) is 6.08 Å². The number of thioether (sulfide) groups is 1. The Morgan fingerprint density at radius 3 is 2.61 bits per heavy atom. The maximum absolute atomic E-state index is 13.2. The first-order valence-electron chi connectivity index (χ1n) is 10.4. The molecule has 9 heteroatoms. The van der Waals surface area contributed by atoms with Gasteiger partial charge in [0.1, 0.15) is 10.1 Å². The molecule has 0 radical (unpaired) electrons. The van der Waals surface area contributed by atoms with Crippen LogP contribution in [0.3, 0.4) is 0 Å². The normalized spacial score (nSPS) is 14.6. The monoisotopic (exact) mass is 486 g/mol. The Hall–Kier alpha value is -3.04. The molecule has 0 unspecified atom stereocenters. The van der Waals surface area contributed by atoms with Crippen molar-refractivity contribution in [3.05, 3.63) is 70.4 Å². The van der Waals surface area contributed by atoms with Crippen LogP contribution in [-0.2, 0) is 14.3 Å². The second-order valence-corrected chi connectivity index (χ2v) is 8.99. The van der Waals surface area contributed by atoms with Crippen LogP contribution in [0.4, 0.5) is 10.1 Å². The lowest BCUT2D eigenvalue weighted by atomic mass is 10.1. The van der Waals surface area contributed by atoms with Gasteiger partial charge in [-0.2, -0.15) is 0 Å². The van der Waals surface area contributed by atoms with Crippen molar-refractivity contribution in [1.82, 2.24) is 4.90 Å². The van der Waals surface area contributed by atoms with E-state index in [9.17, 15) is 18.8 Å². The summed E-state index contributed by atoms with van der Waals surface area (Å²) in [6.45, 7) is 0.481. The molecule has 172 valence electrons. The van der Waals surface area contributed by atoms with Crippen molar-refractivity contribution in [2.75, 3.05) is 19.0 Å². The molecule has 0 saturated carbocycles. The number of carbonyl (C=O) groups excluding carboxylic acids is 3. The molecule has 0 atom stereocenters. The predicted molar refractivity (Wildman–Crippen MR) is 131 cm³/mol. The summed E-state index contributed by atoms with van der Waals surface area (Å²) in [4.78, 5) is 38.3. The van der Waals surface area contributed by atoms with E-state index < -0.39 is 11.8 Å². The third kappa shape index (κ3) is 6.97. The number of nitrogens with one attached hydrogen (secondary N) is 1. The summed E-state index contributed by atoms with van der Waals surface area (Å²) >= 11 is 6.60. The van der Waals surface area contributed by atoms with Crippen LogP contribution in [-0.4, -0.2) is 40.7 Å². The van der Waals surface area contributed by atoms with Crippen LogP contribution in [0.5, 0.6) is 0 Å². The van der Waals surface area contributed by atoms with E-state index in [-0.39, 0.29) is 11.8 Å². The van der Waals surface area contributed by atoms with Crippen molar-refractivity contribution in [2.45, 2.75) is 25.7 Å². The molecule has 1 aliphatic rings. The Labute approximate surface area is 201 Å².